The second kappa shape index (κ2) is 6.34. The topological polar surface area (TPSA) is 50.2 Å². The van der Waals surface area contributed by atoms with E-state index in [1.807, 2.05) is 55.1 Å². The van der Waals surface area contributed by atoms with Crippen molar-refractivity contribution in [1.29, 1.82) is 0 Å². The molecule has 5 nitrogen and oxygen atoms in total. The third kappa shape index (κ3) is 3.17. The first-order valence-corrected chi connectivity index (χ1v) is 7.91. The van der Waals surface area contributed by atoms with Gasteiger partial charge in [0.05, 0.1) is 12.7 Å². The summed E-state index contributed by atoms with van der Waals surface area (Å²) in [5, 5.41) is 7.67. The van der Waals surface area contributed by atoms with Crippen LogP contribution in [-0.2, 0) is 17.9 Å². The Morgan fingerprint density at radius 2 is 2.13 bits per heavy atom. The first kappa shape index (κ1) is 15.4. The van der Waals surface area contributed by atoms with Gasteiger partial charge in [-0.1, -0.05) is 24.3 Å². The Hall–Kier alpha value is -2.47. The van der Waals surface area contributed by atoms with E-state index < -0.39 is 0 Å². The third-order valence-corrected chi connectivity index (χ3v) is 4.12. The van der Waals surface area contributed by atoms with Crippen molar-refractivity contribution in [3.05, 3.63) is 59.0 Å². The number of aromatic nitrogens is 2. The van der Waals surface area contributed by atoms with Crippen LogP contribution in [0.5, 0.6) is 0 Å². The molecular weight excluding hydrogens is 308 g/mol. The molecule has 0 unspecified atom stereocenters. The molecule has 23 heavy (non-hydrogen) atoms. The number of nitrogens with one attached hydrogen (secondary N) is 1. The lowest BCUT2D eigenvalue weighted by Crippen LogP contribution is -2.29. The minimum atomic E-state index is -0.109. The van der Waals surface area contributed by atoms with Crippen molar-refractivity contribution >= 4 is 29.3 Å². The minimum Gasteiger partial charge on any atom is -0.328 e. The maximum Gasteiger partial charge on any atom is 0.276 e. The number of carbonyl (C=O) groups is 1. The largest absolute Gasteiger partial charge is 0.328 e. The van der Waals surface area contributed by atoms with Gasteiger partial charge in [-0.05, 0) is 43.3 Å². The zero-order valence-corrected chi connectivity index (χ0v) is 13.9. The number of rotatable bonds is 4. The van der Waals surface area contributed by atoms with Gasteiger partial charge >= 0.3 is 0 Å². The van der Waals surface area contributed by atoms with Crippen LogP contribution >= 0.6 is 12.2 Å². The molecule has 0 bridgehead atoms. The Morgan fingerprint density at radius 3 is 2.83 bits per heavy atom. The lowest BCUT2D eigenvalue weighted by atomic mass is 10.1. The summed E-state index contributed by atoms with van der Waals surface area (Å²) < 4.78 is 1.83. The molecule has 1 fully saturated rings. The normalized spacial score (nSPS) is 16.3. The van der Waals surface area contributed by atoms with Gasteiger partial charge in [-0.3, -0.25) is 14.4 Å². The number of carbonyl (C=O) groups excluding carboxylic acids is 1. The summed E-state index contributed by atoms with van der Waals surface area (Å²) >= 11 is 5.30. The van der Waals surface area contributed by atoms with Gasteiger partial charge in [-0.15, -0.1) is 0 Å². The monoisotopic (exact) mass is 326 g/mol. The summed E-state index contributed by atoms with van der Waals surface area (Å²) in [7, 11) is 0. The average molecular weight is 326 g/mol. The van der Waals surface area contributed by atoms with Gasteiger partial charge in [0, 0.05) is 18.3 Å². The van der Waals surface area contributed by atoms with E-state index in [1.54, 1.807) is 11.1 Å². The molecule has 1 aromatic carbocycles. The highest BCUT2D eigenvalue weighted by Gasteiger charge is 2.30. The molecule has 118 valence electrons. The van der Waals surface area contributed by atoms with Crippen molar-refractivity contribution in [1.82, 2.24) is 20.0 Å². The number of aryl methyl sites for hydroxylation is 2. The van der Waals surface area contributed by atoms with Crippen molar-refractivity contribution in [3.63, 3.8) is 0 Å². The predicted octanol–water partition coefficient (Wildman–Crippen LogP) is 2.47. The molecule has 3 rings (SSSR count). The van der Waals surface area contributed by atoms with Gasteiger partial charge in [0.2, 0.25) is 0 Å². The van der Waals surface area contributed by atoms with E-state index in [2.05, 4.69) is 10.4 Å². The number of thiocarbonyl (C=S) groups is 1. The zero-order chi connectivity index (χ0) is 16.4. The van der Waals surface area contributed by atoms with Gasteiger partial charge < -0.3 is 5.32 Å². The van der Waals surface area contributed by atoms with E-state index in [1.165, 1.54) is 0 Å². The Bertz CT molecular complexity index is 793. The lowest BCUT2D eigenvalue weighted by Gasteiger charge is -2.12. The van der Waals surface area contributed by atoms with Crippen LogP contribution in [0.1, 0.15) is 23.6 Å². The summed E-state index contributed by atoms with van der Waals surface area (Å²) in [4.78, 5) is 14.2. The SMILES string of the molecule is CCn1cc(CN2C(=O)/C(=C\c3ccccc3C)NC2=S)cn1. The van der Waals surface area contributed by atoms with E-state index in [9.17, 15) is 4.79 Å². The number of nitrogens with zero attached hydrogens (tertiary/aromatic N) is 3. The quantitative estimate of drug-likeness (QED) is 0.693. The molecular formula is C17H18N4OS. The fourth-order valence-electron chi connectivity index (χ4n) is 2.46. The molecule has 0 atom stereocenters. The van der Waals surface area contributed by atoms with E-state index in [0.717, 1.165) is 23.2 Å². The molecule has 1 amide bonds. The van der Waals surface area contributed by atoms with Gasteiger partial charge in [-0.25, -0.2) is 0 Å². The second-order valence-electron chi connectivity index (χ2n) is 5.44. The highest BCUT2D eigenvalue weighted by Crippen LogP contribution is 2.18. The van der Waals surface area contributed by atoms with Crippen molar-refractivity contribution in [2.45, 2.75) is 26.9 Å². The zero-order valence-electron chi connectivity index (χ0n) is 13.1. The highest BCUT2D eigenvalue weighted by atomic mass is 32.1. The Labute approximate surface area is 140 Å². The molecule has 0 aliphatic carbocycles. The van der Waals surface area contributed by atoms with E-state index in [0.29, 0.717) is 17.4 Å². The molecule has 1 aliphatic heterocycles. The third-order valence-electron chi connectivity index (χ3n) is 3.80. The Kier molecular flexibility index (Phi) is 4.25. The standard InChI is InChI=1S/C17H18N4OS/c1-3-20-10-13(9-18-20)11-21-16(22)15(19-17(21)23)8-14-7-5-4-6-12(14)2/h4-10H,3,11H2,1-2H3,(H,19,23)/b15-8+. The molecule has 0 saturated carbocycles. The predicted molar refractivity (Wildman–Crippen MR) is 93.3 cm³/mol. The molecule has 0 spiro atoms. The molecule has 6 heteroatoms. The van der Waals surface area contributed by atoms with Crippen LogP contribution in [0.3, 0.4) is 0 Å². The van der Waals surface area contributed by atoms with Crippen molar-refractivity contribution in [2.24, 2.45) is 0 Å². The lowest BCUT2D eigenvalue weighted by molar-refractivity contribution is -0.122. The van der Waals surface area contributed by atoms with E-state index in [4.69, 9.17) is 12.2 Å². The van der Waals surface area contributed by atoms with Crippen LogP contribution in [0.4, 0.5) is 0 Å². The van der Waals surface area contributed by atoms with Crippen molar-refractivity contribution < 1.29 is 4.79 Å². The molecule has 2 heterocycles. The smallest absolute Gasteiger partial charge is 0.276 e. The van der Waals surface area contributed by atoms with Crippen molar-refractivity contribution in [3.8, 4) is 0 Å². The summed E-state index contributed by atoms with van der Waals surface area (Å²) in [6, 6.07) is 7.92. The van der Waals surface area contributed by atoms with Crippen LogP contribution in [-0.4, -0.2) is 25.7 Å². The van der Waals surface area contributed by atoms with E-state index in [-0.39, 0.29) is 5.91 Å². The van der Waals surface area contributed by atoms with Gasteiger partial charge in [-0.2, -0.15) is 5.10 Å². The van der Waals surface area contributed by atoms with Crippen LogP contribution in [0.25, 0.3) is 6.08 Å². The Morgan fingerprint density at radius 1 is 1.35 bits per heavy atom. The van der Waals surface area contributed by atoms with E-state index >= 15 is 0 Å². The molecule has 1 N–H and O–H groups in total. The van der Waals surface area contributed by atoms with Crippen LogP contribution in [0, 0.1) is 6.92 Å². The minimum absolute atomic E-state index is 0.109. The van der Waals surface area contributed by atoms with Crippen LogP contribution < -0.4 is 5.32 Å². The molecule has 0 radical (unpaired) electrons. The van der Waals surface area contributed by atoms with Crippen LogP contribution in [0.2, 0.25) is 0 Å². The van der Waals surface area contributed by atoms with Crippen molar-refractivity contribution in [2.75, 3.05) is 0 Å². The number of benzene rings is 1. The highest BCUT2D eigenvalue weighted by molar-refractivity contribution is 7.80. The molecule has 1 saturated heterocycles. The van der Waals surface area contributed by atoms with Gasteiger partial charge in [0.1, 0.15) is 5.70 Å². The summed E-state index contributed by atoms with van der Waals surface area (Å²) in [6.07, 6.45) is 5.54. The number of hydrogen-bond donors (Lipinski definition) is 1. The maximum atomic E-state index is 12.6. The Balaban J connectivity index is 1.81. The first-order chi connectivity index (χ1) is 11.1. The number of amides is 1. The molecule has 1 aliphatic rings. The maximum absolute atomic E-state index is 12.6. The van der Waals surface area contributed by atoms with Gasteiger partial charge in [0.15, 0.2) is 5.11 Å². The average Bonchev–Trinajstić information content (AvgIpc) is 3.10. The fraction of sp³-hybridized carbons (Fsp3) is 0.235. The summed E-state index contributed by atoms with van der Waals surface area (Å²) in [6.45, 7) is 5.26. The second-order valence-corrected chi connectivity index (χ2v) is 5.83. The van der Waals surface area contributed by atoms with Gasteiger partial charge in [0.25, 0.3) is 5.91 Å². The fourth-order valence-corrected chi connectivity index (χ4v) is 2.72. The molecule has 2 aromatic rings. The molecule has 1 aromatic heterocycles. The number of hydrogen-bond acceptors (Lipinski definition) is 3. The summed E-state index contributed by atoms with van der Waals surface area (Å²) in [5.41, 5.74) is 3.59. The van der Waals surface area contributed by atoms with Crippen LogP contribution in [0.15, 0.2) is 42.4 Å². The summed E-state index contributed by atoms with van der Waals surface area (Å²) in [5.74, 6) is -0.109. The first-order valence-electron chi connectivity index (χ1n) is 7.50.